The Morgan fingerprint density at radius 3 is 2.41 bits per heavy atom. The molecule has 0 radical (unpaired) electrons. The Labute approximate surface area is 184 Å². The number of hydrogen-bond acceptors (Lipinski definition) is 6. The van der Waals surface area contributed by atoms with Crippen LogP contribution in [-0.2, 0) is 25.5 Å². The predicted molar refractivity (Wildman–Crippen MR) is 110 cm³/mol. The number of alkyl halides is 3. The molecule has 0 amide bonds. The van der Waals surface area contributed by atoms with Crippen LogP contribution >= 0.6 is 0 Å². The van der Waals surface area contributed by atoms with Crippen molar-refractivity contribution in [2.45, 2.75) is 49.7 Å². The smallest absolute Gasteiger partial charge is 0.416 e. The highest BCUT2D eigenvalue weighted by atomic mass is 32.2. The van der Waals surface area contributed by atoms with Crippen LogP contribution < -0.4 is 4.90 Å². The number of rotatable bonds is 6. The largest absolute Gasteiger partial charge is 0.467 e. The first-order chi connectivity index (χ1) is 15.0. The van der Waals surface area contributed by atoms with E-state index in [1.165, 1.54) is 23.9 Å². The van der Waals surface area contributed by atoms with Gasteiger partial charge in [0.1, 0.15) is 10.9 Å². The zero-order valence-electron chi connectivity index (χ0n) is 17.7. The number of anilines is 1. The first kappa shape index (κ1) is 22.6. The average Bonchev–Trinajstić information content (AvgIpc) is 3.26. The van der Waals surface area contributed by atoms with E-state index in [4.69, 9.17) is 4.74 Å². The molecule has 1 saturated carbocycles. The number of aryl methyl sites for hydroxylation is 1. The summed E-state index contributed by atoms with van der Waals surface area (Å²) in [6.45, 7) is 1.96. The van der Waals surface area contributed by atoms with Crippen molar-refractivity contribution >= 4 is 21.6 Å². The Morgan fingerprint density at radius 1 is 1.19 bits per heavy atom. The molecule has 0 spiro atoms. The molecule has 1 saturated heterocycles. The normalized spacial score (nSPS) is 19.4. The summed E-state index contributed by atoms with van der Waals surface area (Å²) in [5.74, 6) is -0.214. The standard InChI is InChI=1S/C21H24F3N3O4S/c1-13-18(32(29,30)12-14-5-6-14)19(26-11-3-4-17(26)20(28)31-2)27(25-13)16-9-7-15(8-10-16)21(22,23)24/h7-10,14,17H,3-6,11-12H2,1-2H3. The molecule has 32 heavy (non-hydrogen) atoms. The van der Waals surface area contributed by atoms with Crippen LogP contribution in [0.1, 0.15) is 36.9 Å². The third-order valence-electron chi connectivity index (χ3n) is 5.88. The van der Waals surface area contributed by atoms with E-state index in [0.29, 0.717) is 19.4 Å². The topological polar surface area (TPSA) is 81.5 Å². The molecule has 11 heteroatoms. The second kappa shape index (κ2) is 8.09. The summed E-state index contributed by atoms with van der Waals surface area (Å²) in [4.78, 5) is 14.1. The van der Waals surface area contributed by atoms with Crippen LogP contribution in [0, 0.1) is 12.8 Å². The fourth-order valence-corrected chi connectivity index (χ4v) is 6.26. The number of hydrogen-bond donors (Lipinski definition) is 0. The fourth-order valence-electron chi connectivity index (χ4n) is 4.17. The number of ether oxygens (including phenoxy) is 1. The van der Waals surface area contributed by atoms with Crippen molar-refractivity contribution in [1.82, 2.24) is 9.78 Å². The Bertz CT molecular complexity index is 1120. The first-order valence-corrected chi connectivity index (χ1v) is 12.0. The third kappa shape index (κ3) is 4.22. The molecule has 4 rings (SSSR count). The fraction of sp³-hybridized carbons (Fsp3) is 0.524. The van der Waals surface area contributed by atoms with Gasteiger partial charge in [-0.2, -0.15) is 18.3 Å². The molecule has 2 heterocycles. The van der Waals surface area contributed by atoms with Gasteiger partial charge < -0.3 is 9.64 Å². The molecule has 174 valence electrons. The number of esters is 1. The lowest BCUT2D eigenvalue weighted by Gasteiger charge is -2.26. The van der Waals surface area contributed by atoms with E-state index in [0.717, 1.165) is 25.0 Å². The number of methoxy groups -OCH3 is 1. The van der Waals surface area contributed by atoms with Crippen molar-refractivity contribution in [1.29, 1.82) is 0 Å². The Balaban J connectivity index is 1.87. The van der Waals surface area contributed by atoms with Gasteiger partial charge in [0.05, 0.1) is 29.8 Å². The molecule has 1 atom stereocenters. The number of benzene rings is 1. The van der Waals surface area contributed by atoms with E-state index < -0.39 is 33.6 Å². The van der Waals surface area contributed by atoms with E-state index in [1.54, 1.807) is 11.8 Å². The molecule has 1 aromatic heterocycles. The van der Waals surface area contributed by atoms with E-state index >= 15 is 0 Å². The summed E-state index contributed by atoms with van der Waals surface area (Å²) in [7, 11) is -2.46. The molecule has 2 aliphatic rings. The first-order valence-electron chi connectivity index (χ1n) is 10.4. The Hall–Kier alpha value is -2.56. The van der Waals surface area contributed by atoms with Gasteiger partial charge in [-0.3, -0.25) is 0 Å². The molecular formula is C21H24F3N3O4S. The Kier molecular flexibility index (Phi) is 5.72. The van der Waals surface area contributed by atoms with E-state index in [9.17, 15) is 26.4 Å². The predicted octanol–water partition coefficient (Wildman–Crippen LogP) is 3.53. The molecule has 1 aliphatic carbocycles. The van der Waals surface area contributed by atoms with Gasteiger partial charge in [-0.1, -0.05) is 0 Å². The number of nitrogens with zero attached hydrogens (tertiary/aromatic N) is 3. The molecule has 1 aliphatic heterocycles. The van der Waals surface area contributed by atoms with Crippen LogP contribution in [0.25, 0.3) is 5.69 Å². The monoisotopic (exact) mass is 471 g/mol. The summed E-state index contributed by atoms with van der Waals surface area (Å²) in [5.41, 5.74) is -0.294. The lowest BCUT2D eigenvalue weighted by molar-refractivity contribution is -0.142. The van der Waals surface area contributed by atoms with Crippen molar-refractivity contribution < 1.29 is 31.1 Å². The Morgan fingerprint density at radius 2 is 1.84 bits per heavy atom. The molecule has 0 bridgehead atoms. The van der Waals surface area contributed by atoms with Gasteiger partial charge in [0.15, 0.2) is 15.7 Å². The second-order valence-corrected chi connectivity index (χ2v) is 10.3. The maximum absolute atomic E-state index is 13.3. The van der Waals surface area contributed by atoms with Gasteiger partial charge in [0, 0.05) is 6.54 Å². The van der Waals surface area contributed by atoms with Gasteiger partial charge >= 0.3 is 12.1 Å². The molecular weight excluding hydrogens is 447 g/mol. The maximum atomic E-state index is 13.3. The number of carbonyl (C=O) groups is 1. The van der Waals surface area contributed by atoms with E-state index in [1.807, 2.05) is 0 Å². The van der Waals surface area contributed by atoms with Crippen LogP contribution in [-0.4, -0.2) is 49.6 Å². The van der Waals surface area contributed by atoms with Crippen molar-refractivity contribution in [2.75, 3.05) is 24.3 Å². The van der Waals surface area contributed by atoms with Crippen molar-refractivity contribution in [2.24, 2.45) is 5.92 Å². The summed E-state index contributed by atoms with van der Waals surface area (Å²) >= 11 is 0. The zero-order chi connectivity index (χ0) is 23.3. The highest BCUT2D eigenvalue weighted by molar-refractivity contribution is 7.91. The average molecular weight is 472 g/mol. The maximum Gasteiger partial charge on any atom is 0.416 e. The molecule has 1 unspecified atom stereocenters. The summed E-state index contributed by atoms with van der Waals surface area (Å²) in [6.07, 6.45) is -1.69. The number of sulfone groups is 1. The minimum atomic E-state index is -4.49. The molecule has 2 aromatic rings. The second-order valence-electron chi connectivity index (χ2n) is 8.29. The van der Waals surface area contributed by atoms with Gasteiger partial charge in [-0.15, -0.1) is 0 Å². The van der Waals surface area contributed by atoms with E-state index in [-0.39, 0.29) is 33.8 Å². The number of aromatic nitrogens is 2. The molecule has 2 fully saturated rings. The van der Waals surface area contributed by atoms with Crippen molar-refractivity contribution in [3.63, 3.8) is 0 Å². The van der Waals surface area contributed by atoms with Crippen LogP contribution in [0.15, 0.2) is 29.2 Å². The van der Waals surface area contributed by atoms with Crippen LogP contribution in [0.5, 0.6) is 0 Å². The lowest BCUT2D eigenvalue weighted by Crippen LogP contribution is -2.38. The van der Waals surface area contributed by atoms with Crippen LogP contribution in [0.3, 0.4) is 0 Å². The highest BCUT2D eigenvalue weighted by Crippen LogP contribution is 2.40. The third-order valence-corrected chi connectivity index (χ3v) is 7.89. The van der Waals surface area contributed by atoms with Crippen LogP contribution in [0.2, 0.25) is 0 Å². The molecule has 7 nitrogen and oxygen atoms in total. The minimum absolute atomic E-state index is 0.0176. The highest BCUT2D eigenvalue weighted by Gasteiger charge is 2.41. The SMILES string of the molecule is COC(=O)C1CCCN1c1c(S(=O)(=O)CC2CC2)c(C)nn1-c1ccc(C(F)(F)F)cc1. The summed E-state index contributed by atoms with van der Waals surface area (Å²) in [6, 6.07) is 3.66. The molecule has 1 aromatic carbocycles. The van der Waals surface area contributed by atoms with Crippen molar-refractivity contribution in [3.05, 3.63) is 35.5 Å². The van der Waals surface area contributed by atoms with Gasteiger partial charge in [-0.25, -0.2) is 17.9 Å². The summed E-state index contributed by atoms with van der Waals surface area (Å²) < 4.78 is 71.9. The van der Waals surface area contributed by atoms with E-state index in [2.05, 4.69) is 5.10 Å². The number of carbonyl (C=O) groups excluding carboxylic acids is 1. The quantitative estimate of drug-likeness (QED) is 0.600. The lowest BCUT2D eigenvalue weighted by atomic mass is 10.2. The van der Waals surface area contributed by atoms with Crippen molar-refractivity contribution in [3.8, 4) is 5.69 Å². The van der Waals surface area contributed by atoms with Gasteiger partial charge in [-0.05, 0) is 62.8 Å². The zero-order valence-corrected chi connectivity index (χ0v) is 18.5. The minimum Gasteiger partial charge on any atom is -0.467 e. The van der Waals surface area contributed by atoms with Crippen LogP contribution in [0.4, 0.5) is 19.0 Å². The van der Waals surface area contributed by atoms with Gasteiger partial charge in [0.25, 0.3) is 0 Å². The molecule has 0 N–H and O–H groups in total. The summed E-state index contributed by atoms with van der Waals surface area (Å²) in [5, 5.41) is 4.39. The number of halogens is 3. The van der Waals surface area contributed by atoms with Gasteiger partial charge in [0.2, 0.25) is 0 Å².